The fourth-order valence-electron chi connectivity index (χ4n) is 5.17. The smallest absolute Gasteiger partial charge is 0.272 e. The van der Waals surface area contributed by atoms with Gasteiger partial charge in [-0.15, -0.1) is 0 Å². The number of hydrogen-bond acceptors (Lipinski definition) is 2. The summed E-state index contributed by atoms with van der Waals surface area (Å²) in [5, 5.41) is 10.3. The summed E-state index contributed by atoms with van der Waals surface area (Å²) in [6.07, 6.45) is 2.34. The number of carbonyl (C=O) groups excluding carboxylic acids is 1. The molecule has 1 heterocycles. The van der Waals surface area contributed by atoms with Gasteiger partial charge in [-0.25, -0.2) is 8.78 Å². The number of nitrogens with zero attached hydrogens (tertiary/aromatic N) is 1. The number of fused-ring (bicyclic) bond motifs is 5. The Morgan fingerprint density at radius 2 is 2.03 bits per heavy atom. The number of carbonyl (C=O) groups is 1. The highest BCUT2D eigenvalue weighted by molar-refractivity contribution is 5.95. The second-order valence-corrected chi connectivity index (χ2v) is 8.11. The maximum absolute atomic E-state index is 14.7. The van der Waals surface area contributed by atoms with E-state index in [1.54, 1.807) is 0 Å². The third kappa shape index (κ3) is 2.69. The maximum Gasteiger partial charge on any atom is 0.272 e. The van der Waals surface area contributed by atoms with Crippen molar-refractivity contribution in [1.82, 2.24) is 15.5 Å². The zero-order valence-electron chi connectivity index (χ0n) is 16.0. The number of aromatic nitrogens is 2. The molecular formula is C23H21F2N3O. The van der Waals surface area contributed by atoms with Crippen molar-refractivity contribution in [2.75, 3.05) is 0 Å². The molecule has 0 aliphatic heterocycles. The highest BCUT2D eigenvalue weighted by Gasteiger charge is 2.54. The van der Waals surface area contributed by atoms with E-state index in [0.717, 1.165) is 35.7 Å². The van der Waals surface area contributed by atoms with Crippen LogP contribution in [0.2, 0.25) is 0 Å². The van der Waals surface area contributed by atoms with Crippen LogP contribution in [0.15, 0.2) is 48.5 Å². The average Bonchev–Trinajstić information content (AvgIpc) is 3.40. The van der Waals surface area contributed by atoms with E-state index in [-0.39, 0.29) is 17.9 Å². The molecule has 2 N–H and O–H groups in total. The van der Waals surface area contributed by atoms with Crippen LogP contribution in [-0.2, 0) is 5.41 Å². The summed E-state index contributed by atoms with van der Waals surface area (Å²) in [4.78, 5) is 13.1. The molecule has 0 radical (unpaired) electrons. The van der Waals surface area contributed by atoms with Crippen LogP contribution in [0.3, 0.4) is 0 Å². The van der Waals surface area contributed by atoms with Gasteiger partial charge in [0, 0.05) is 28.7 Å². The molecule has 148 valence electrons. The van der Waals surface area contributed by atoms with Crippen LogP contribution in [0.4, 0.5) is 8.78 Å². The lowest BCUT2D eigenvalue weighted by molar-refractivity contribution is 0.0932. The molecule has 2 aliphatic carbocycles. The first-order valence-corrected chi connectivity index (χ1v) is 9.89. The van der Waals surface area contributed by atoms with Gasteiger partial charge in [-0.1, -0.05) is 36.4 Å². The summed E-state index contributed by atoms with van der Waals surface area (Å²) in [7, 11) is 0. The van der Waals surface area contributed by atoms with Gasteiger partial charge < -0.3 is 5.32 Å². The fraction of sp³-hybridized carbons (Fsp3) is 0.304. The predicted molar refractivity (Wildman–Crippen MR) is 105 cm³/mol. The topological polar surface area (TPSA) is 57.8 Å². The lowest BCUT2D eigenvalue weighted by Gasteiger charge is -2.29. The molecule has 1 aromatic heterocycles. The van der Waals surface area contributed by atoms with Gasteiger partial charge in [0.25, 0.3) is 5.91 Å². The molecule has 6 heteroatoms. The van der Waals surface area contributed by atoms with Crippen LogP contribution >= 0.6 is 0 Å². The number of hydrogen-bond donors (Lipinski definition) is 2. The molecule has 2 aliphatic rings. The summed E-state index contributed by atoms with van der Waals surface area (Å²) >= 11 is 0. The number of H-pyrrole nitrogens is 1. The van der Waals surface area contributed by atoms with Crippen molar-refractivity contribution in [3.05, 3.63) is 88.2 Å². The van der Waals surface area contributed by atoms with E-state index >= 15 is 0 Å². The monoisotopic (exact) mass is 393 g/mol. The number of nitrogens with one attached hydrogen (secondary N) is 2. The third-order valence-corrected chi connectivity index (χ3v) is 6.50. The maximum atomic E-state index is 14.7. The summed E-state index contributed by atoms with van der Waals surface area (Å²) in [6.45, 7) is 1.92. The van der Waals surface area contributed by atoms with Crippen molar-refractivity contribution in [2.45, 2.75) is 43.6 Å². The molecule has 2 unspecified atom stereocenters. The van der Waals surface area contributed by atoms with Crippen LogP contribution in [0.25, 0.3) is 0 Å². The van der Waals surface area contributed by atoms with Crippen molar-refractivity contribution in [3.8, 4) is 0 Å². The number of rotatable bonds is 4. The Hall–Kier alpha value is -3.02. The number of halogens is 2. The molecule has 0 spiro atoms. The van der Waals surface area contributed by atoms with Gasteiger partial charge in [-0.2, -0.15) is 5.10 Å². The van der Waals surface area contributed by atoms with Gasteiger partial charge in [0.15, 0.2) is 5.69 Å². The molecule has 5 rings (SSSR count). The SMILES string of the molecule is C[C@H](NC(=O)c1n[nH]c2c1C1(c3ccc(F)cc3F)CCC2C1)c1ccccc1. The lowest BCUT2D eigenvalue weighted by atomic mass is 9.74. The molecule has 0 saturated heterocycles. The second-order valence-electron chi connectivity index (χ2n) is 8.11. The van der Waals surface area contributed by atoms with Gasteiger partial charge in [0.2, 0.25) is 0 Å². The van der Waals surface area contributed by atoms with Gasteiger partial charge in [-0.05, 0) is 43.4 Å². The van der Waals surface area contributed by atoms with Gasteiger partial charge in [-0.3, -0.25) is 9.89 Å². The van der Waals surface area contributed by atoms with Crippen LogP contribution in [0.1, 0.15) is 71.0 Å². The van der Waals surface area contributed by atoms with Crippen LogP contribution < -0.4 is 5.32 Å². The zero-order chi connectivity index (χ0) is 20.2. The van der Waals surface area contributed by atoms with Crippen LogP contribution in [-0.4, -0.2) is 16.1 Å². The quantitative estimate of drug-likeness (QED) is 0.672. The van der Waals surface area contributed by atoms with Crippen molar-refractivity contribution in [3.63, 3.8) is 0 Å². The molecule has 3 atom stereocenters. The Morgan fingerprint density at radius 3 is 2.79 bits per heavy atom. The summed E-state index contributed by atoms with van der Waals surface area (Å²) in [6, 6.07) is 13.2. The number of aromatic amines is 1. The average molecular weight is 393 g/mol. The van der Waals surface area contributed by atoms with Crippen LogP contribution in [0, 0.1) is 11.6 Å². The molecule has 1 saturated carbocycles. The Labute approximate surface area is 167 Å². The first-order valence-electron chi connectivity index (χ1n) is 9.89. The Kier molecular flexibility index (Phi) is 4.05. The standard InChI is InChI=1S/C23H21F2N3O/c1-13(14-5-3-2-4-6-14)26-22(29)21-19-20(27-28-21)15-9-10-23(19,12-15)17-8-7-16(24)11-18(17)25/h2-8,11,13,15H,9-10,12H2,1H3,(H,26,29)(H,27,28)/t13-,15?,23?/m0/s1. The van der Waals surface area contributed by atoms with Crippen molar-refractivity contribution in [1.29, 1.82) is 0 Å². The normalized spacial score (nSPS) is 23.1. The summed E-state index contributed by atoms with van der Waals surface area (Å²) in [5.41, 5.74) is 2.82. The molecule has 2 aromatic carbocycles. The molecule has 1 amide bonds. The van der Waals surface area contributed by atoms with Crippen molar-refractivity contribution >= 4 is 5.91 Å². The highest BCUT2D eigenvalue weighted by Crippen LogP contribution is 2.60. The van der Waals surface area contributed by atoms with Gasteiger partial charge in [0.05, 0.1) is 6.04 Å². The van der Waals surface area contributed by atoms with E-state index < -0.39 is 17.0 Å². The van der Waals surface area contributed by atoms with Crippen molar-refractivity contribution in [2.24, 2.45) is 0 Å². The van der Waals surface area contributed by atoms with Crippen molar-refractivity contribution < 1.29 is 13.6 Å². The number of benzene rings is 2. The van der Waals surface area contributed by atoms with E-state index in [1.807, 2.05) is 37.3 Å². The third-order valence-electron chi connectivity index (χ3n) is 6.50. The molecular weight excluding hydrogens is 372 g/mol. The Morgan fingerprint density at radius 1 is 1.24 bits per heavy atom. The summed E-state index contributed by atoms with van der Waals surface area (Å²) < 4.78 is 28.2. The fourth-order valence-corrected chi connectivity index (χ4v) is 5.17. The molecule has 2 bridgehead atoms. The first kappa shape index (κ1) is 18.0. The van der Waals surface area contributed by atoms with E-state index in [1.165, 1.54) is 12.1 Å². The van der Waals surface area contributed by atoms with Gasteiger partial charge >= 0.3 is 0 Å². The van der Waals surface area contributed by atoms with E-state index in [0.29, 0.717) is 17.7 Å². The minimum Gasteiger partial charge on any atom is -0.344 e. The molecule has 29 heavy (non-hydrogen) atoms. The first-order chi connectivity index (χ1) is 14.0. The molecule has 3 aromatic rings. The van der Waals surface area contributed by atoms with E-state index in [2.05, 4.69) is 15.5 Å². The second kappa shape index (κ2) is 6.51. The molecule has 1 fully saturated rings. The lowest BCUT2D eigenvalue weighted by Crippen LogP contribution is -2.32. The predicted octanol–water partition coefficient (Wildman–Crippen LogP) is 4.75. The highest BCUT2D eigenvalue weighted by atomic mass is 19.1. The summed E-state index contributed by atoms with van der Waals surface area (Å²) in [5.74, 6) is -1.23. The molecule has 4 nitrogen and oxygen atoms in total. The number of amides is 1. The van der Waals surface area contributed by atoms with Crippen LogP contribution in [0.5, 0.6) is 0 Å². The zero-order valence-corrected chi connectivity index (χ0v) is 16.0. The minimum atomic E-state index is -0.632. The van der Waals surface area contributed by atoms with E-state index in [4.69, 9.17) is 0 Å². The Bertz CT molecular complexity index is 1090. The van der Waals surface area contributed by atoms with Gasteiger partial charge in [0.1, 0.15) is 11.6 Å². The Balaban J connectivity index is 1.53. The largest absolute Gasteiger partial charge is 0.344 e. The minimum absolute atomic E-state index is 0.187. The van der Waals surface area contributed by atoms with E-state index in [9.17, 15) is 13.6 Å².